The van der Waals surface area contributed by atoms with Crippen LogP contribution in [0.1, 0.15) is 21.7 Å². The molecule has 0 saturated carbocycles. The third-order valence-electron chi connectivity index (χ3n) is 2.18. The number of carbonyl (C=O) groups excluding carboxylic acids is 1. The van der Waals surface area contributed by atoms with Gasteiger partial charge in [-0.3, -0.25) is 4.68 Å². The molecule has 0 N–H and O–H groups in total. The summed E-state index contributed by atoms with van der Waals surface area (Å²) in [6.45, 7) is 2.33. The number of nitrogens with zero attached hydrogens (tertiary/aromatic N) is 2. The molecule has 2 heterocycles. The summed E-state index contributed by atoms with van der Waals surface area (Å²) in [5.74, 6) is -0.234. The quantitative estimate of drug-likeness (QED) is 0.525. The van der Waals surface area contributed by atoms with E-state index in [0.717, 1.165) is 17.8 Å². The average Bonchev–Trinajstić information content (AvgIpc) is 2.29. The lowest BCUT2D eigenvalue weighted by molar-refractivity contribution is 0.0478. The molecule has 1 aromatic rings. The summed E-state index contributed by atoms with van der Waals surface area (Å²) in [5, 5.41) is 4.22. The van der Waals surface area contributed by atoms with Gasteiger partial charge in [-0.15, -0.1) is 0 Å². The Morgan fingerprint density at radius 1 is 1.58 bits per heavy atom. The molecule has 1 aromatic heterocycles. The molecule has 4 heteroatoms. The minimum atomic E-state index is -0.234. The minimum Gasteiger partial charge on any atom is -0.462 e. The van der Waals surface area contributed by atoms with Gasteiger partial charge in [-0.2, -0.15) is 5.10 Å². The van der Waals surface area contributed by atoms with Crippen LogP contribution in [0, 0.1) is 6.92 Å². The predicted molar refractivity (Wildman–Crippen MR) is 41.9 cm³/mol. The summed E-state index contributed by atoms with van der Waals surface area (Å²) >= 11 is 0. The van der Waals surface area contributed by atoms with Gasteiger partial charge in [0.25, 0.3) is 0 Å². The van der Waals surface area contributed by atoms with Gasteiger partial charge in [0.05, 0.1) is 12.3 Å². The minimum absolute atomic E-state index is 0.234. The van der Waals surface area contributed by atoms with E-state index in [-0.39, 0.29) is 5.97 Å². The zero-order valence-corrected chi connectivity index (χ0v) is 7.13. The molecule has 12 heavy (non-hydrogen) atoms. The van der Waals surface area contributed by atoms with E-state index in [1.807, 2.05) is 14.0 Å². The van der Waals surface area contributed by atoms with E-state index in [1.165, 1.54) is 0 Å². The van der Waals surface area contributed by atoms with E-state index in [1.54, 1.807) is 4.68 Å². The van der Waals surface area contributed by atoms with E-state index in [9.17, 15) is 4.79 Å². The maximum absolute atomic E-state index is 11.2. The van der Waals surface area contributed by atoms with Gasteiger partial charge < -0.3 is 4.74 Å². The molecule has 0 bridgehead atoms. The number of aromatic nitrogens is 2. The SMILES string of the molecule is Cc1c2c(nn1C)CCOC2=O. The van der Waals surface area contributed by atoms with Crippen molar-refractivity contribution in [2.24, 2.45) is 7.05 Å². The van der Waals surface area contributed by atoms with Gasteiger partial charge in [0.1, 0.15) is 5.56 Å². The Morgan fingerprint density at radius 2 is 2.33 bits per heavy atom. The molecule has 0 aliphatic carbocycles. The molecule has 0 saturated heterocycles. The molecule has 1 aliphatic heterocycles. The maximum Gasteiger partial charge on any atom is 0.341 e. The highest BCUT2D eigenvalue weighted by atomic mass is 16.5. The highest BCUT2D eigenvalue weighted by Gasteiger charge is 2.24. The van der Waals surface area contributed by atoms with E-state index in [2.05, 4.69) is 5.10 Å². The normalized spacial score (nSPS) is 15.7. The van der Waals surface area contributed by atoms with Gasteiger partial charge in [0.15, 0.2) is 0 Å². The first-order valence-electron chi connectivity index (χ1n) is 3.89. The fourth-order valence-corrected chi connectivity index (χ4v) is 1.43. The summed E-state index contributed by atoms with van der Waals surface area (Å²) in [6.07, 6.45) is 0.739. The van der Waals surface area contributed by atoms with Crippen LogP contribution in [0.3, 0.4) is 0 Å². The Morgan fingerprint density at radius 3 is 3.00 bits per heavy atom. The first-order valence-corrected chi connectivity index (χ1v) is 3.89. The van der Waals surface area contributed by atoms with Crippen molar-refractivity contribution in [3.05, 3.63) is 17.0 Å². The third-order valence-corrected chi connectivity index (χ3v) is 2.18. The molecule has 4 nitrogen and oxygen atoms in total. The predicted octanol–water partition coefficient (Wildman–Crippen LogP) is 0.441. The fourth-order valence-electron chi connectivity index (χ4n) is 1.43. The van der Waals surface area contributed by atoms with Gasteiger partial charge in [-0.05, 0) is 6.92 Å². The lowest BCUT2D eigenvalue weighted by Crippen LogP contribution is -2.17. The van der Waals surface area contributed by atoms with Gasteiger partial charge in [0, 0.05) is 19.2 Å². The summed E-state index contributed by atoms with van der Waals surface area (Å²) in [5.41, 5.74) is 2.41. The van der Waals surface area contributed by atoms with Gasteiger partial charge in [-0.25, -0.2) is 4.79 Å². The topological polar surface area (TPSA) is 44.1 Å². The van der Waals surface area contributed by atoms with Crippen molar-refractivity contribution < 1.29 is 9.53 Å². The van der Waals surface area contributed by atoms with Crippen LogP contribution >= 0.6 is 0 Å². The first-order chi connectivity index (χ1) is 5.70. The second-order valence-corrected chi connectivity index (χ2v) is 2.92. The molecule has 0 amide bonds. The van der Waals surface area contributed by atoms with E-state index in [4.69, 9.17) is 4.74 Å². The Bertz CT molecular complexity index is 341. The number of ether oxygens (including phenoxy) is 1. The highest BCUT2D eigenvalue weighted by molar-refractivity contribution is 5.92. The van der Waals surface area contributed by atoms with Crippen molar-refractivity contribution in [1.82, 2.24) is 9.78 Å². The lowest BCUT2D eigenvalue weighted by atomic mass is 10.1. The smallest absolute Gasteiger partial charge is 0.341 e. The van der Waals surface area contributed by atoms with Crippen LogP contribution in [0.4, 0.5) is 0 Å². The molecule has 64 valence electrons. The van der Waals surface area contributed by atoms with E-state index < -0.39 is 0 Å². The largest absolute Gasteiger partial charge is 0.462 e. The number of carbonyl (C=O) groups is 1. The zero-order chi connectivity index (χ0) is 8.72. The monoisotopic (exact) mass is 166 g/mol. The number of esters is 1. The number of aryl methyl sites for hydroxylation is 1. The van der Waals surface area contributed by atoms with Crippen LogP contribution in [0.5, 0.6) is 0 Å². The molecule has 0 atom stereocenters. The van der Waals surface area contributed by atoms with Crippen LogP contribution in [0.2, 0.25) is 0 Å². The number of cyclic esters (lactones) is 1. The Labute approximate surface area is 70.1 Å². The van der Waals surface area contributed by atoms with Crippen molar-refractivity contribution in [2.75, 3.05) is 6.61 Å². The standard InChI is InChI=1S/C8H10N2O2/c1-5-7-6(9-10(5)2)3-4-12-8(7)11/h3-4H2,1-2H3. The lowest BCUT2D eigenvalue weighted by Gasteiger charge is -2.09. The Balaban J connectivity index is 2.61. The van der Waals surface area contributed by atoms with Crippen LogP contribution in [0.15, 0.2) is 0 Å². The summed E-state index contributed by atoms with van der Waals surface area (Å²) in [6, 6.07) is 0. The highest BCUT2D eigenvalue weighted by Crippen LogP contribution is 2.18. The summed E-state index contributed by atoms with van der Waals surface area (Å²) in [7, 11) is 1.83. The maximum atomic E-state index is 11.2. The Hall–Kier alpha value is -1.32. The van der Waals surface area contributed by atoms with Crippen LogP contribution in [-0.4, -0.2) is 22.4 Å². The molecular formula is C8H10N2O2. The van der Waals surface area contributed by atoms with Gasteiger partial charge >= 0.3 is 5.97 Å². The second kappa shape index (κ2) is 2.33. The molecular weight excluding hydrogens is 156 g/mol. The van der Waals surface area contributed by atoms with E-state index >= 15 is 0 Å². The van der Waals surface area contributed by atoms with E-state index in [0.29, 0.717) is 12.2 Å². The summed E-state index contributed by atoms with van der Waals surface area (Å²) in [4.78, 5) is 11.2. The van der Waals surface area contributed by atoms with Crippen molar-refractivity contribution in [2.45, 2.75) is 13.3 Å². The second-order valence-electron chi connectivity index (χ2n) is 2.92. The zero-order valence-electron chi connectivity index (χ0n) is 7.13. The third kappa shape index (κ3) is 0.841. The molecule has 2 rings (SSSR count). The molecule has 1 aliphatic rings. The number of rotatable bonds is 0. The molecule has 0 spiro atoms. The summed E-state index contributed by atoms with van der Waals surface area (Å²) < 4.78 is 6.63. The van der Waals surface area contributed by atoms with Crippen molar-refractivity contribution in [3.63, 3.8) is 0 Å². The van der Waals surface area contributed by atoms with Crippen LogP contribution < -0.4 is 0 Å². The van der Waals surface area contributed by atoms with Crippen molar-refractivity contribution in [3.8, 4) is 0 Å². The first kappa shape index (κ1) is 7.34. The van der Waals surface area contributed by atoms with Crippen molar-refractivity contribution in [1.29, 1.82) is 0 Å². The Kier molecular flexibility index (Phi) is 1.43. The molecule has 0 aromatic carbocycles. The number of hydrogen-bond acceptors (Lipinski definition) is 3. The fraction of sp³-hybridized carbons (Fsp3) is 0.500. The van der Waals surface area contributed by atoms with Crippen molar-refractivity contribution >= 4 is 5.97 Å². The van der Waals surface area contributed by atoms with Gasteiger partial charge in [-0.1, -0.05) is 0 Å². The van der Waals surface area contributed by atoms with Crippen LogP contribution in [-0.2, 0) is 18.2 Å². The average molecular weight is 166 g/mol. The number of fused-ring (bicyclic) bond motifs is 1. The number of hydrogen-bond donors (Lipinski definition) is 0. The molecule has 0 radical (unpaired) electrons. The van der Waals surface area contributed by atoms with Gasteiger partial charge in [0.2, 0.25) is 0 Å². The molecule has 0 unspecified atom stereocenters. The molecule has 0 fully saturated rings. The van der Waals surface area contributed by atoms with Crippen LogP contribution in [0.25, 0.3) is 0 Å².